The van der Waals surface area contributed by atoms with Crippen LogP contribution < -0.4 is 4.90 Å². The van der Waals surface area contributed by atoms with E-state index in [0.29, 0.717) is 18.8 Å². The van der Waals surface area contributed by atoms with E-state index in [2.05, 4.69) is 0 Å². The maximum Gasteiger partial charge on any atom is 0.332 e. The lowest BCUT2D eigenvalue weighted by Crippen LogP contribution is -2.43. The Morgan fingerprint density at radius 3 is 2.36 bits per heavy atom. The molecule has 0 atom stereocenters. The van der Waals surface area contributed by atoms with E-state index in [0.717, 1.165) is 22.4 Å². The maximum absolute atomic E-state index is 12.9. The fourth-order valence-electron chi connectivity index (χ4n) is 3.22. The van der Waals surface area contributed by atoms with Crippen LogP contribution in [-0.4, -0.2) is 47.3 Å². The molecule has 0 saturated carbocycles. The zero-order chi connectivity index (χ0) is 20.1. The zero-order valence-corrected chi connectivity index (χ0v) is 16.3. The van der Waals surface area contributed by atoms with Crippen LogP contribution in [0.1, 0.15) is 24.5 Å². The summed E-state index contributed by atoms with van der Waals surface area (Å²) in [7, 11) is 0. The van der Waals surface area contributed by atoms with Gasteiger partial charge in [-0.05, 0) is 31.0 Å². The van der Waals surface area contributed by atoms with Crippen LogP contribution in [0, 0.1) is 6.92 Å². The summed E-state index contributed by atoms with van der Waals surface area (Å²) in [6, 6.07) is 16.6. The first-order valence-electron chi connectivity index (χ1n) is 9.50. The van der Waals surface area contributed by atoms with Crippen LogP contribution in [-0.2, 0) is 16.1 Å². The third-order valence-corrected chi connectivity index (χ3v) is 4.76. The number of hydrogen-bond donors (Lipinski definition) is 0. The molecule has 3 rings (SSSR count). The number of anilines is 1. The average molecular weight is 379 g/mol. The second-order valence-corrected chi connectivity index (χ2v) is 6.99. The van der Waals surface area contributed by atoms with Gasteiger partial charge in [-0.2, -0.15) is 0 Å². The Bertz CT molecular complexity index is 849. The normalized spacial score (nSPS) is 13.9. The number of rotatable bonds is 7. The minimum absolute atomic E-state index is 0.0398. The number of urea groups is 1. The van der Waals surface area contributed by atoms with Gasteiger partial charge in [-0.15, -0.1) is 0 Å². The van der Waals surface area contributed by atoms with E-state index in [-0.39, 0.29) is 24.9 Å². The predicted molar refractivity (Wildman–Crippen MR) is 108 cm³/mol. The molecule has 4 amide bonds. The van der Waals surface area contributed by atoms with Crippen molar-refractivity contribution in [2.24, 2.45) is 0 Å². The lowest BCUT2D eigenvalue weighted by Gasteiger charge is -2.25. The van der Waals surface area contributed by atoms with Crippen molar-refractivity contribution in [3.63, 3.8) is 0 Å². The van der Waals surface area contributed by atoms with Crippen molar-refractivity contribution in [1.29, 1.82) is 0 Å². The zero-order valence-electron chi connectivity index (χ0n) is 16.3. The highest BCUT2D eigenvalue weighted by Crippen LogP contribution is 2.20. The summed E-state index contributed by atoms with van der Waals surface area (Å²) in [6.07, 6.45) is 0.801. The summed E-state index contributed by atoms with van der Waals surface area (Å²) in [5.41, 5.74) is 2.84. The molecule has 1 aliphatic heterocycles. The van der Waals surface area contributed by atoms with Gasteiger partial charge in [-0.25, -0.2) is 4.79 Å². The summed E-state index contributed by atoms with van der Waals surface area (Å²) in [6.45, 7) is 4.78. The number of carbonyl (C=O) groups excluding carboxylic acids is 3. The smallest absolute Gasteiger partial charge is 0.332 e. The van der Waals surface area contributed by atoms with E-state index in [1.807, 2.05) is 56.3 Å². The van der Waals surface area contributed by atoms with Crippen molar-refractivity contribution >= 4 is 23.5 Å². The molecule has 0 spiro atoms. The van der Waals surface area contributed by atoms with E-state index in [4.69, 9.17) is 0 Å². The van der Waals surface area contributed by atoms with Crippen LogP contribution in [0.25, 0.3) is 0 Å². The van der Waals surface area contributed by atoms with Crippen molar-refractivity contribution in [2.75, 3.05) is 24.5 Å². The van der Waals surface area contributed by atoms with E-state index < -0.39 is 6.03 Å². The lowest BCUT2D eigenvalue weighted by atomic mass is 10.1. The van der Waals surface area contributed by atoms with Crippen LogP contribution in [0.5, 0.6) is 0 Å². The minimum atomic E-state index is -0.448. The van der Waals surface area contributed by atoms with Crippen molar-refractivity contribution in [3.05, 3.63) is 65.7 Å². The SMILES string of the molecule is CCCN(Cc1ccc(C)cc1)C(=O)CN1C(=O)CN(c2ccccc2)C1=O. The standard InChI is InChI=1S/C22H25N3O3/c1-3-13-23(14-18-11-9-17(2)10-12-18)20(26)15-25-21(27)16-24(22(25)28)19-7-5-4-6-8-19/h4-12H,3,13-16H2,1-2H3. The molecule has 2 aromatic carbocycles. The van der Waals surface area contributed by atoms with Gasteiger partial charge in [-0.3, -0.25) is 19.4 Å². The molecule has 0 aromatic heterocycles. The van der Waals surface area contributed by atoms with Crippen molar-refractivity contribution in [1.82, 2.24) is 9.80 Å². The highest BCUT2D eigenvalue weighted by molar-refractivity contribution is 6.13. The summed E-state index contributed by atoms with van der Waals surface area (Å²) in [5, 5.41) is 0. The maximum atomic E-state index is 12.9. The summed E-state index contributed by atoms with van der Waals surface area (Å²) < 4.78 is 0. The molecule has 6 heteroatoms. The van der Waals surface area contributed by atoms with Gasteiger partial charge in [0.05, 0.1) is 0 Å². The third-order valence-electron chi connectivity index (χ3n) is 4.76. The molecule has 146 valence electrons. The number of carbonyl (C=O) groups is 3. The van der Waals surface area contributed by atoms with Gasteiger partial charge >= 0.3 is 6.03 Å². The van der Waals surface area contributed by atoms with Crippen LogP contribution in [0.4, 0.5) is 10.5 Å². The Balaban J connectivity index is 1.69. The molecule has 1 saturated heterocycles. The molecule has 0 N–H and O–H groups in total. The first-order chi connectivity index (χ1) is 13.5. The number of hydrogen-bond acceptors (Lipinski definition) is 3. The lowest BCUT2D eigenvalue weighted by molar-refractivity contribution is -0.137. The molecule has 1 aliphatic rings. The van der Waals surface area contributed by atoms with Gasteiger partial charge in [-0.1, -0.05) is 55.0 Å². The molecule has 6 nitrogen and oxygen atoms in total. The fraction of sp³-hybridized carbons (Fsp3) is 0.318. The van der Waals surface area contributed by atoms with Gasteiger partial charge in [0.1, 0.15) is 13.1 Å². The molecular formula is C22H25N3O3. The fourth-order valence-corrected chi connectivity index (χ4v) is 3.22. The molecule has 0 unspecified atom stereocenters. The number of aryl methyl sites for hydroxylation is 1. The number of nitrogens with zero attached hydrogens (tertiary/aromatic N) is 3. The van der Waals surface area contributed by atoms with E-state index in [9.17, 15) is 14.4 Å². The highest BCUT2D eigenvalue weighted by atomic mass is 16.2. The minimum Gasteiger partial charge on any atom is -0.337 e. The molecule has 0 radical (unpaired) electrons. The number of amides is 4. The van der Waals surface area contributed by atoms with Gasteiger partial charge in [0.25, 0.3) is 5.91 Å². The van der Waals surface area contributed by atoms with E-state index in [1.165, 1.54) is 4.90 Å². The van der Waals surface area contributed by atoms with Crippen LogP contribution in [0.3, 0.4) is 0 Å². The quantitative estimate of drug-likeness (QED) is 0.694. The Labute approximate surface area is 165 Å². The Morgan fingerprint density at radius 2 is 1.71 bits per heavy atom. The molecule has 2 aromatic rings. The third kappa shape index (κ3) is 4.39. The van der Waals surface area contributed by atoms with Crippen LogP contribution in [0.15, 0.2) is 54.6 Å². The Kier molecular flexibility index (Phi) is 6.09. The monoisotopic (exact) mass is 379 g/mol. The van der Waals surface area contributed by atoms with Gasteiger partial charge in [0.2, 0.25) is 5.91 Å². The predicted octanol–water partition coefficient (Wildman–Crippen LogP) is 3.20. The van der Waals surface area contributed by atoms with Gasteiger partial charge < -0.3 is 4.90 Å². The van der Waals surface area contributed by atoms with E-state index in [1.54, 1.807) is 17.0 Å². The molecule has 0 bridgehead atoms. The van der Waals surface area contributed by atoms with Crippen LogP contribution in [0.2, 0.25) is 0 Å². The Hall–Kier alpha value is -3.15. The van der Waals surface area contributed by atoms with Crippen molar-refractivity contribution in [2.45, 2.75) is 26.8 Å². The molecule has 0 aliphatic carbocycles. The van der Waals surface area contributed by atoms with E-state index >= 15 is 0 Å². The Morgan fingerprint density at radius 1 is 1.04 bits per heavy atom. The molecule has 1 fully saturated rings. The van der Waals surface area contributed by atoms with Gasteiger partial charge in [0, 0.05) is 18.8 Å². The average Bonchev–Trinajstić information content (AvgIpc) is 2.98. The second-order valence-electron chi connectivity index (χ2n) is 6.99. The van der Waals surface area contributed by atoms with Crippen LogP contribution >= 0.6 is 0 Å². The number of imide groups is 1. The van der Waals surface area contributed by atoms with Crippen molar-refractivity contribution < 1.29 is 14.4 Å². The molecule has 28 heavy (non-hydrogen) atoms. The first kappa shape index (κ1) is 19.6. The summed E-state index contributed by atoms with van der Waals surface area (Å²) in [4.78, 5) is 42.1. The van der Waals surface area contributed by atoms with Crippen molar-refractivity contribution in [3.8, 4) is 0 Å². The number of benzene rings is 2. The highest BCUT2D eigenvalue weighted by Gasteiger charge is 2.38. The number of para-hydroxylation sites is 1. The largest absolute Gasteiger partial charge is 0.337 e. The molecule has 1 heterocycles. The van der Waals surface area contributed by atoms with Gasteiger partial charge in [0.15, 0.2) is 0 Å². The first-order valence-corrected chi connectivity index (χ1v) is 9.50. The summed E-state index contributed by atoms with van der Waals surface area (Å²) in [5.74, 6) is -0.576. The topological polar surface area (TPSA) is 60.9 Å². The molecular weight excluding hydrogens is 354 g/mol. The second kappa shape index (κ2) is 8.69. The summed E-state index contributed by atoms with van der Waals surface area (Å²) >= 11 is 0.